The van der Waals surface area contributed by atoms with Crippen LogP contribution in [0, 0.1) is 0 Å². The zero-order chi connectivity index (χ0) is 14.6. The zero-order valence-electron chi connectivity index (χ0n) is 10.3. The van der Waals surface area contributed by atoms with E-state index in [1.165, 1.54) is 6.92 Å². The van der Waals surface area contributed by atoms with Crippen LogP contribution in [0.15, 0.2) is 12.1 Å². The summed E-state index contributed by atoms with van der Waals surface area (Å²) in [6.45, 7) is 1.36. The molecule has 0 aromatic heterocycles. The number of carbonyl (C=O) groups is 2. The molecule has 0 unspecified atom stereocenters. The molecule has 6 N–H and O–H groups in total. The van der Waals surface area contributed by atoms with E-state index in [1.807, 2.05) is 0 Å². The fourth-order valence-corrected chi connectivity index (χ4v) is 1.40. The Morgan fingerprint density at radius 2 is 1.79 bits per heavy atom. The number of phenolic OH excluding ortho intramolecular Hbond substituents is 3. The standard InChI is InChI=1S/C11H15N3O5/c1-6(15)14(3-2-12)11(19)13-7-4-8(16)10(18)9(17)5-7/h4-5,16-18H,2-3,12H2,1H3,(H,13,19). The van der Waals surface area contributed by atoms with E-state index in [0.29, 0.717) is 0 Å². The van der Waals surface area contributed by atoms with E-state index in [9.17, 15) is 19.8 Å². The molecule has 0 saturated heterocycles. The van der Waals surface area contributed by atoms with Crippen LogP contribution in [0.1, 0.15) is 6.92 Å². The molecule has 8 heteroatoms. The number of aromatic hydroxyl groups is 3. The predicted octanol–water partition coefficient (Wildman–Crippen LogP) is 0.142. The van der Waals surface area contributed by atoms with Gasteiger partial charge in [0.05, 0.1) is 5.69 Å². The van der Waals surface area contributed by atoms with Crippen LogP contribution in [0.3, 0.4) is 0 Å². The molecule has 0 bridgehead atoms. The molecule has 8 nitrogen and oxygen atoms in total. The Morgan fingerprint density at radius 3 is 2.21 bits per heavy atom. The molecule has 0 atom stereocenters. The number of carbonyl (C=O) groups excluding carboxylic acids is 2. The summed E-state index contributed by atoms with van der Waals surface area (Å²) in [7, 11) is 0. The molecule has 0 radical (unpaired) electrons. The van der Waals surface area contributed by atoms with Gasteiger partial charge in [-0.15, -0.1) is 0 Å². The van der Waals surface area contributed by atoms with Crippen LogP contribution in [-0.2, 0) is 4.79 Å². The van der Waals surface area contributed by atoms with Gasteiger partial charge < -0.3 is 26.4 Å². The second-order valence-corrected chi connectivity index (χ2v) is 3.75. The van der Waals surface area contributed by atoms with E-state index in [2.05, 4.69) is 5.32 Å². The highest BCUT2D eigenvalue weighted by molar-refractivity contribution is 6.00. The van der Waals surface area contributed by atoms with Crippen molar-refractivity contribution < 1.29 is 24.9 Å². The first-order valence-electron chi connectivity index (χ1n) is 5.41. The lowest BCUT2D eigenvalue weighted by atomic mass is 10.2. The zero-order valence-corrected chi connectivity index (χ0v) is 10.3. The molecule has 19 heavy (non-hydrogen) atoms. The number of anilines is 1. The Morgan fingerprint density at radius 1 is 1.26 bits per heavy atom. The summed E-state index contributed by atoms with van der Waals surface area (Å²) in [5, 5.41) is 30.0. The van der Waals surface area contributed by atoms with Crippen LogP contribution in [0.4, 0.5) is 10.5 Å². The van der Waals surface area contributed by atoms with E-state index in [4.69, 9.17) is 10.8 Å². The van der Waals surface area contributed by atoms with Crippen LogP contribution in [-0.4, -0.2) is 45.2 Å². The summed E-state index contributed by atoms with van der Waals surface area (Å²) >= 11 is 0. The van der Waals surface area contributed by atoms with Crippen LogP contribution >= 0.6 is 0 Å². The average Bonchev–Trinajstić information content (AvgIpc) is 2.32. The number of nitrogens with zero attached hydrogens (tertiary/aromatic N) is 1. The van der Waals surface area contributed by atoms with Gasteiger partial charge in [0.1, 0.15) is 0 Å². The molecule has 0 aliphatic heterocycles. The van der Waals surface area contributed by atoms with Gasteiger partial charge in [0.2, 0.25) is 5.91 Å². The smallest absolute Gasteiger partial charge is 0.328 e. The van der Waals surface area contributed by atoms with E-state index >= 15 is 0 Å². The Hall–Kier alpha value is -2.48. The lowest BCUT2D eigenvalue weighted by Gasteiger charge is -2.19. The SMILES string of the molecule is CC(=O)N(CCN)C(=O)Nc1cc(O)c(O)c(O)c1. The number of amides is 3. The Balaban J connectivity index is 2.89. The number of phenols is 3. The second-order valence-electron chi connectivity index (χ2n) is 3.75. The van der Waals surface area contributed by atoms with Gasteiger partial charge in [0, 0.05) is 32.1 Å². The molecular weight excluding hydrogens is 254 g/mol. The number of imide groups is 1. The first-order chi connectivity index (χ1) is 8.86. The van der Waals surface area contributed by atoms with Crippen molar-refractivity contribution in [2.45, 2.75) is 6.92 Å². The molecule has 0 fully saturated rings. The number of urea groups is 1. The van der Waals surface area contributed by atoms with Crippen molar-refractivity contribution in [3.63, 3.8) is 0 Å². The maximum Gasteiger partial charge on any atom is 0.328 e. The van der Waals surface area contributed by atoms with Gasteiger partial charge in [-0.05, 0) is 0 Å². The largest absolute Gasteiger partial charge is 0.504 e. The highest BCUT2D eigenvalue weighted by Gasteiger charge is 2.18. The molecule has 0 spiro atoms. The summed E-state index contributed by atoms with van der Waals surface area (Å²) in [6, 6.07) is 1.32. The van der Waals surface area contributed by atoms with E-state index in [-0.39, 0.29) is 18.8 Å². The Labute approximate surface area is 109 Å². The first kappa shape index (κ1) is 14.6. The van der Waals surface area contributed by atoms with Gasteiger partial charge in [-0.25, -0.2) is 4.79 Å². The lowest BCUT2D eigenvalue weighted by Crippen LogP contribution is -2.41. The number of hydrogen-bond donors (Lipinski definition) is 5. The molecular formula is C11H15N3O5. The Bertz CT molecular complexity index is 480. The van der Waals surface area contributed by atoms with Gasteiger partial charge in [-0.2, -0.15) is 0 Å². The summed E-state index contributed by atoms with van der Waals surface area (Å²) in [4.78, 5) is 23.9. The van der Waals surface area contributed by atoms with Crippen molar-refractivity contribution in [3.05, 3.63) is 12.1 Å². The fourth-order valence-electron chi connectivity index (χ4n) is 1.40. The summed E-state index contributed by atoms with van der Waals surface area (Å²) in [6.07, 6.45) is 0. The molecule has 1 aromatic rings. The number of rotatable bonds is 3. The van der Waals surface area contributed by atoms with Gasteiger partial charge in [0.25, 0.3) is 0 Å². The molecule has 0 saturated carbocycles. The van der Waals surface area contributed by atoms with E-state index in [1.54, 1.807) is 0 Å². The molecule has 1 rings (SSSR count). The topological polar surface area (TPSA) is 136 Å². The van der Waals surface area contributed by atoms with Crippen molar-refractivity contribution in [2.75, 3.05) is 18.4 Å². The normalized spacial score (nSPS) is 10.0. The molecule has 1 aromatic carbocycles. The average molecular weight is 269 g/mol. The van der Waals surface area contributed by atoms with Gasteiger partial charge in [-0.3, -0.25) is 9.69 Å². The minimum Gasteiger partial charge on any atom is -0.504 e. The predicted molar refractivity (Wildman–Crippen MR) is 66.9 cm³/mol. The molecule has 104 valence electrons. The third-order valence-corrected chi connectivity index (χ3v) is 2.30. The number of nitrogens with two attached hydrogens (primary N) is 1. The highest BCUT2D eigenvalue weighted by Crippen LogP contribution is 2.37. The molecule has 0 aliphatic carbocycles. The number of benzene rings is 1. The van der Waals surface area contributed by atoms with Crippen LogP contribution in [0.25, 0.3) is 0 Å². The van der Waals surface area contributed by atoms with Crippen LogP contribution < -0.4 is 11.1 Å². The maximum atomic E-state index is 11.8. The third kappa shape index (κ3) is 3.49. The quantitative estimate of drug-likeness (QED) is 0.391. The molecule has 3 amide bonds. The summed E-state index contributed by atoms with van der Waals surface area (Å²) < 4.78 is 0. The number of nitrogens with one attached hydrogen (secondary N) is 1. The van der Waals surface area contributed by atoms with Crippen LogP contribution in [0.5, 0.6) is 17.2 Å². The molecule has 0 aliphatic rings. The van der Waals surface area contributed by atoms with E-state index in [0.717, 1.165) is 17.0 Å². The van der Waals surface area contributed by atoms with Crippen molar-refractivity contribution in [1.82, 2.24) is 4.90 Å². The van der Waals surface area contributed by atoms with Crippen molar-refractivity contribution in [2.24, 2.45) is 5.73 Å². The van der Waals surface area contributed by atoms with Crippen LogP contribution in [0.2, 0.25) is 0 Å². The van der Waals surface area contributed by atoms with Gasteiger partial charge in [0.15, 0.2) is 17.2 Å². The summed E-state index contributed by atoms with van der Waals surface area (Å²) in [5.41, 5.74) is 5.31. The van der Waals surface area contributed by atoms with Gasteiger partial charge >= 0.3 is 6.03 Å². The Kier molecular flexibility index (Phi) is 4.54. The minimum absolute atomic E-state index is 0.0288. The number of hydrogen-bond acceptors (Lipinski definition) is 6. The van der Waals surface area contributed by atoms with Crippen molar-refractivity contribution in [3.8, 4) is 17.2 Å². The van der Waals surface area contributed by atoms with Crippen molar-refractivity contribution in [1.29, 1.82) is 0 Å². The lowest BCUT2D eigenvalue weighted by molar-refractivity contribution is -0.125. The van der Waals surface area contributed by atoms with Crippen molar-refractivity contribution >= 4 is 17.6 Å². The minimum atomic E-state index is -0.748. The monoisotopic (exact) mass is 269 g/mol. The first-order valence-corrected chi connectivity index (χ1v) is 5.41. The van der Waals surface area contributed by atoms with Gasteiger partial charge in [-0.1, -0.05) is 0 Å². The van der Waals surface area contributed by atoms with E-state index < -0.39 is 29.2 Å². The second kappa shape index (κ2) is 5.91. The maximum absolute atomic E-state index is 11.8. The highest BCUT2D eigenvalue weighted by atomic mass is 16.3. The summed E-state index contributed by atoms with van der Waals surface area (Å²) in [5.74, 6) is -2.37. The molecule has 0 heterocycles. The fraction of sp³-hybridized carbons (Fsp3) is 0.273. The third-order valence-electron chi connectivity index (χ3n) is 2.30.